The second-order valence-corrected chi connectivity index (χ2v) is 7.00. The highest BCUT2D eigenvalue weighted by molar-refractivity contribution is 7.17. The molecule has 2 heterocycles. The van der Waals surface area contributed by atoms with Crippen molar-refractivity contribution in [1.29, 1.82) is 0 Å². The van der Waals surface area contributed by atoms with Crippen LogP contribution in [-0.4, -0.2) is 49.4 Å². The zero-order valence-corrected chi connectivity index (χ0v) is 15.6. The molecule has 2 N–H and O–H groups in total. The van der Waals surface area contributed by atoms with Gasteiger partial charge >= 0.3 is 0 Å². The molecule has 134 valence electrons. The second kappa shape index (κ2) is 7.51. The van der Waals surface area contributed by atoms with Crippen LogP contribution >= 0.6 is 11.3 Å². The molecular formula is C18H24N4O2S. The van der Waals surface area contributed by atoms with E-state index in [1.54, 1.807) is 0 Å². The Morgan fingerprint density at radius 2 is 1.96 bits per heavy atom. The average Bonchev–Trinajstić information content (AvgIpc) is 3.13. The number of benzene rings is 1. The van der Waals surface area contributed by atoms with Gasteiger partial charge in [-0.15, -0.1) is 5.10 Å². The third-order valence-electron chi connectivity index (χ3n) is 4.42. The summed E-state index contributed by atoms with van der Waals surface area (Å²) in [5.74, 6) is 0.765. The van der Waals surface area contributed by atoms with Crippen LogP contribution < -0.4 is 0 Å². The van der Waals surface area contributed by atoms with E-state index in [9.17, 15) is 10.2 Å². The maximum Gasteiger partial charge on any atom is 0.230 e. The van der Waals surface area contributed by atoms with Crippen molar-refractivity contribution in [1.82, 2.24) is 19.5 Å². The van der Waals surface area contributed by atoms with Crippen molar-refractivity contribution in [2.24, 2.45) is 0 Å². The standard InChI is InChI=1S/C18H24N4O2S/c1-4-13-6-8-14(9-7-13)15(21(5-2)10-11-23)16-17(24)22-18(25-16)19-12(3)20-22/h6-9,15,23-24H,4-5,10-11H2,1-3H3. The maximum absolute atomic E-state index is 10.7. The molecule has 0 amide bonds. The first kappa shape index (κ1) is 17.8. The van der Waals surface area contributed by atoms with E-state index < -0.39 is 0 Å². The molecule has 25 heavy (non-hydrogen) atoms. The van der Waals surface area contributed by atoms with Crippen molar-refractivity contribution in [3.8, 4) is 5.88 Å². The van der Waals surface area contributed by atoms with Crippen LogP contribution in [-0.2, 0) is 6.42 Å². The molecule has 3 aromatic rings. The van der Waals surface area contributed by atoms with Crippen LogP contribution in [0.25, 0.3) is 4.96 Å². The van der Waals surface area contributed by atoms with Gasteiger partial charge in [0.25, 0.3) is 0 Å². The predicted octanol–water partition coefficient (Wildman–Crippen LogP) is 2.77. The molecule has 1 atom stereocenters. The van der Waals surface area contributed by atoms with Gasteiger partial charge in [0.05, 0.1) is 17.5 Å². The first-order chi connectivity index (χ1) is 12.1. The lowest BCUT2D eigenvalue weighted by molar-refractivity contribution is 0.174. The fourth-order valence-electron chi connectivity index (χ4n) is 3.09. The van der Waals surface area contributed by atoms with Crippen LogP contribution in [0.2, 0.25) is 0 Å². The minimum atomic E-state index is -0.142. The Kier molecular flexibility index (Phi) is 5.36. The zero-order chi connectivity index (χ0) is 18.0. The first-order valence-electron chi connectivity index (χ1n) is 8.57. The number of hydrogen-bond acceptors (Lipinski definition) is 6. The summed E-state index contributed by atoms with van der Waals surface area (Å²) in [5.41, 5.74) is 2.36. The quantitative estimate of drug-likeness (QED) is 0.678. The molecule has 0 radical (unpaired) electrons. The van der Waals surface area contributed by atoms with Crippen molar-refractivity contribution in [3.05, 3.63) is 46.1 Å². The van der Waals surface area contributed by atoms with Crippen LogP contribution in [0.3, 0.4) is 0 Å². The van der Waals surface area contributed by atoms with E-state index in [4.69, 9.17) is 0 Å². The molecule has 0 fully saturated rings. The number of thiazole rings is 1. The minimum Gasteiger partial charge on any atom is -0.492 e. The second-order valence-electron chi connectivity index (χ2n) is 5.99. The summed E-state index contributed by atoms with van der Waals surface area (Å²) in [4.78, 5) is 8.00. The van der Waals surface area contributed by atoms with Crippen molar-refractivity contribution < 1.29 is 10.2 Å². The Balaban J connectivity index is 2.10. The Bertz CT molecular complexity index is 841. The predicted molar refractivity (Wildman–Crippen MR) is 99.3 cm³/mol. The van der Waals surface area contributed by atoms with Crippen LogP contribution in [0.4, 0.5) is 0 Å². The van der Waals surface area contributed by atoms with Crippen LogP contribution in [0.5, 0.6) is 5.88 Å². The summed E-state index contributed by atoms with van der Waals surface area (Å²) in [6.45, 7) is 7.35. The van der Waals surface area contributed by atoms with Gasteiger partial charge in [0, 0.05) is 6.54 Å². The van der Waals surface area contributed by atoms with E-state index >= 15 is 0 Å². The van der Waals surface area contributed by atoms with E-state index in [1.807, 2.05) is 6.92 Å². The number of rotatable bonds is 7. The number of aryl methyl sites for hydroxylation is 2. The molecule has 0 saturated heterocycles. The highest BCUT2D eigenvalue weighted by atomic mass is 32.1. The third-order valence-corrected chi connectivity index (χ3v) is 5.49. The molecule has 3 rings (SSSR count). The zero-order valence-electron chi connectivity index (χ0n) is 14.8. The Hall–Kier alpha value is -1.96. The van der Waals surface area contributed by atoms with Gasteiger partial charge in [-0.05, 0) is 31.0 Å². The lowest BCUT2D eigenvalue weighted by Gasteiger charge is -2.29. The number of nitrogens with zero attached hydrogens (tertiary/aromatic N) is 4. The van der Waals surface area contributed by atoms with E-state index in [0.717, 1.165) is 23.4 Å². The number of aromatic hydroxyl groups is 1. The molecule has 0 spiro atoms. The smallest absolute Gasteiger partial charge is 0.230 e. The van der Waals surface area contributed by atoms with Gasteiger partial charge in [-0.1, -0.05) is 49.4 Å². The summed E-state index contributed by atoms with van der Waals surface area (Å²) in [5, 5.41) is 24.5. The van der Waals surface area contributed by atoms with Gasteiger partial charge in [0.1, 0.15) is 5.82 Å². The van der Waals surface area contributed by atoms with Crippen molar-refractivity contribution >= 4 is 16.3 Å². The molecule has 0 saturated carbocycles. The molecular weight excluding hydrogens is 336 g/mol. The molecule has 0 aliphatic heterocycles. The molecule has 6 nitrogen and oxygen atoms in total. The summed E-state index contributed by atoms with van der Waals surface area (Å²) in [6, 6.07) is 8.30. The largest absolute Gasteiger partial charge is 0.492 e. The molecule has 0 aliphatic carbocycles. The minimum absolute atomic E-state index is 0.0675. The van der Waals surface area contributed by atoms with E-state index in [0.29, 0.717) is 17.3 Å². The number of aliphatic hydroxyl groups excluding tert-OH is 1. The van der Waals surface area contributed by atoms with Gasteiger partial charge in [-0.2, -0.15) is 4.52 Å². The van der Waals surface area contributed by atoms with Gasteiger partial charge < -0.3 is 10.2 Å². The Morgan fingerprint density at radius 3 is 2.52 bits per heavy atom. The molecule has 7 heteroatoms. The van der Waals surface area contributed by atoms with Crippen LogP contribution in [0, 0.1) is 6.92 Å². The lowest BCUT2D eigenvalue weighted by atomic mass is 10.0. The fraction of sp³-hybridized carbons (Fsp3) is 0.444. The maximum atomic E-state index is 10.7. The number of likely N-dealkylation sites (N-methyl/N-ethyl adjacent to an activating group) is 1. The first-order valence-corrected chi connectivity index (χ1v) is 9.39. The average molecular weight is 360 g/mol. The van der Waals surface area contributed by atoms with Crippen molar-refractivity contribution in [3.63, 3.8) is 0 Å². The van der Waals surface area contributed by atoms with Crippen molar-refractivity contribution in [2.45, 2.75) is 33.2 Å². The summed E-state index contributed by atoms with van der Waals surface area (Å²) >= 11 is 1.44. The molecule has 0 bridgehead atoms. The summed E-state index contributed by atoms with van der Waals surface area (Å²) < 4.78 is 1.50. The molecule has 1 unspecified atom stereocenters. The SMILES string of the molecule is CCc1ccc(C(c2sc3nc(C)nn3c2O)N(CC)CCO)cc1. The Labute approximate surface area is 151 Å². The highest BCUT2D eigenvalue weighted by Gasteiger charge is 2.28. The fourth-order valence-corrected chi connectivity index (χ4v) is 4.25. The van der Waals surface area contributed by atoms with Gasteiger partial charge in [0.2, 0.25) is 10.8 Å². The number of fused-ring (bicyclic) bond motifs is 1. The van der Waals surface area contributed by atoms with Crippen LogP contribution in [0.1, 0.15) is 41.7 Å². The molecule has 0 aliphatic rings. The van der Waals surface area contributed by atoms with E-state index in [2.05, 4.69) is 53.1 Å². The van der Waals surface area contributed by atoms with Crippen molar-refractivity contribution in [2.75, 3.05) is 19.7 Å². The van der Waals surface area contributed by atoms with E-state index in [1.165, 1.54) is 21.4 Å². The van der Waals surface area contributed by atoms with Gasteiger partial charge in [0.15, 0.2) is 0 Å². The number of hydrogen-bond donors (Lipinski definition) is 2. The molecule has 1 aromatic carbocycles. The lowest BCUT2D eigenvalue weighted by Crippen LogP contribution is -2.31. The van der Waals surface area contributed by atoms with Gasteiger partial charge in [-0.3, -0.25) is 4.90 Å². The van der Waals surface area contributed by atoms with Crippen LogP contribution in [0.15, 0.2) is 24.3 Å². The number of aliphatic hydroxyl groups is 1. The monoisotopic (exact) mass is 360 g/mol. The number of aromatic nitrogens is 3. The Morgan fingerprint density at radius 1 is 1.24 bits per heavy atom. The highest BCUT2D eigenvalue weighted by Crippen LogP contribution is 2.39. The normalized spacial score (nSPS) is 13.0. The third kappa shape index (κ3) is 3.40. The topological polar surface area (TPSA) is 73.9 Å². The molecule has 2 aromatic heterocycles. The summed E-state index contributed by atoms with van der Waals surface area (Å²) in [7, 11) is 0. The van der Waals surface area contributed by atoms with Gasteiger partial charge in [-0.25, -0.2) is 4.98 Å². The summed E-state index contributed by atoms with van der Waals surface area (Å²) in [6.07, 6.45) is 0.986. The van der Waals surface area contributed by atoms with E-state index in [-0.39, 0.29) is 18.5 Å².